The van der Waals surface area contributed by atoms with E-state index in [0.29, 0.717) is 12.0 Å². The lowest BCUT2D eigenvalue weighted by atomic mass is 9.95. The van der Waals surface area contributed by atoms with Crippen molar-refractivity contribution < 1.29 is 4.74 Å². The number of aromatic nitrogens is 2. The van der Waals surface area contributed by atoms with Gasteiger partial charge >= 0.3 is 0 Å². The van der Waals surface area contributed by atoms with Gasteiger partial charge in [-0.15, -0.1) is 0 Å². The standard InChI is InChI=1S/C26H21BN2O2/c27-20-11-16-25-24(17-20)26(30)29(28(25)21-9-5-2-6-10-21)22-12-14-23(15-13-22)31-18-19-7-3-1-4-8-19/h1-17H,18,27H2. The normalized spacial score (nSPS) is 11.0. The second-order valence-corrected chi connectivity index (χ2v) is 7.55. The van der Waals surface area contributed by atoms with Gasteiger partial charge < -0.3 is 4.74 Å². The van der Waals surface area contributed by atoms with Gasteiger partial charge in [0.1, 0.15) is 20.2 Å². The lowest BCUT2D eigenvalue weighted by molar-refractivity contribution is 0.306. The molecular formula is C26H21BN2O2. The van der Waals surface area contributed by atoms with Crippen molar-refractivity contribution in [2.75, 3.05) is 0 Å². The lowest BCUT2D eigenvalue weighted by Gasteiger charge is -2.14. The Labute approximate surface area is 181 Å². The minimum atomic E-state index is -0.0412. The van der Waals surface area contributed by atoms with Crippen LogP contribution in [0.1, 0.15) is 5.56 Å². The molecule has 0 bridgehead atoms. The zero-order valence-corrected chi connectivity index (χ0v) is 17.2. The van der Waals surface area contributed by atoms with Gasteiger partial charge in [0.15, 0.2) is 0 Å². The predicted molar refractivity (Wildman–Crippen MR) is 128 cm³/mol. The molecule has 0 atom stereocenters. The van der Waals surface area contributed by atoms with E-state index in [1.54, 1.807) is 4.68 Å². The van der Waals surface area contributed by atoms with Gasteiger partial charge in [-0.1, -0.05) is 66.1 Å². The van der Waals surface area contributed by atoms with Gasteiger partial charge in [-0.2, -0.15) is 0 Å². The van der Waals surface area contributed by atoms with Crippen molar-refractivity contribution in [1.82, 2.24) is 9.36 Å². The van der Waals surface area contributed by atoms with Crippen molar-refractivity contribution in [2.45, 2.75) is 6.61 Å². The molecular weight excluding hydrogens is 383 g/mol. The van der Waals surface area contributed by atoms with E-state index in [1.165, 1.54) is 0 Å². The number of hydrogen-bond donors (Lipinski definition) is 0. The number of para-hydroxylation sites is 1. The molecule has 1 aromatic heterocycles. The van der Waals surface area contributed by atoms with Crippen molar-refractivity contribution in [3.8, 4) is 17.1 Å². The van der Waals surface area contributed by atoms with Gasteiger partial charge in [-0.05, 0) is 48.0 Å². The Balaban J connectivity index is 1.57. The summed E-state index contributed by atoms with van der Waals surface area (Å²) in [5, 5.41) is 0.702. The molecule has 0 aliphatic rings. The van der Waals surface area contributed by atoms with Crippen LogP contribution >= 0.6 is 0 Å². The van der Waals surface area contributed by atoms with Gasteiger partial charge in [-0.3, -0.25) is 4.79 Å². The van der Waals surface area contributed by atoms with Crippen LogP contribution < -0.4 is 15.8 Å². The SMILES string of the molecule is Bc1ccc2c(c1)c(=O)n(-c1ccc(OCc3ccccc3)cc1)n2-c1ccccc1. The summed E-state index contributed by atoms with van der Waals surface area (Å²) >= 11 is 0. The first-order valence-electron chi connectivity index (χ1n) is 10.3. The van der Waals surface area contributed by atoms with E-state index in [9.17, 15) is 4.79 Å². The summed E-state index contributed by atoms with van der Waals surface area (Å²) in [6.45, 7) is 0.504. The number of ether oxygens (including phenoxy) is 1. The third-order valence-electron chi connectivity index (χ3n) is 5.33. The fourth-order valence-corrected chi connectivity index (χ4v) is 3.80. The quantitative estimate of drug-likeness (QED) is 0.420. The molecule has 31 heavy (non-hydrogen) atoms. The van der Waals surface area contributed by atoms with E-state index in [4.69, 9.17) is 4.74 Å². The minimum Gasteiger partial charge on any atom is -0.489 e. The molecule has 4 aromatic carbocycles. The molecule has 0 N–H and O–H groups in total. The Hall–Kier alpha value is -3.99. The molecule has 4 nitrogen and oxygen atoms in total. The number of rotatable bonds is 5. The predicted octanol–water partition coefficient (Wildman–Crippen LogP) is 3.62. The van der Waals surface area contributed by atoms with Crippen LogP contribution in [-0.4, -0.2) is 17.2 Å². The Kier molecular flexibility index (Phi) is 4.93. The summed E-state index contributed by atoms with van der Waals surface area (Å²) in [5.41, 5.74) is 4.73. The van der Waals surface area contributed by atoms with Gasteiger partial charge in [-0.25, -0.2) is 9.36 Å². The largest absolute Gasteiger partial charge is 0.489 e. The third-order valence-corrected chi connectivity index (χ3v) is 5.33. The van der Waals surface area contributed by atoms with Gasteiger partial charge in [0.25, 0.3) is 5.56 Å². The minimum absolute atomic E-state index is 0.0412. The molecule has 0 fully saturated rings. The monoisotopic (exact) mass is 404 g/mol. The van der Waals surface area contributed by atoms with Crippen molar-refractivity contribution >= 4 is 24.2 Å². The fraction of sp³-hybridized carbons (Fsp3) is 0.0385. The van der Waals surface area contributed by atoms with Crippen LogP contribution in [0.2, 0.25) is 0 Å². The summed E-state index contributed by atoms with van der Waals surface area (Å²) < 4.78 is 9.60. The molecule has 150 valence electrons. The zero-order valence-electron chi connectivity index (χ0n) is 17.2. The Morgan fingerprint density at radius 1 is 0.710 bits per heavy atom. The topological polar surface area (TPSA) is 36.2 Å². The molecule has 1 heterocycles. The first-order valence-corrected chi connectivity index (χ1v) is 10.3. The Morgan fingerprint density at radius 3 is 2.06 bits per heavy atom. The highest BCUT2D eigenvalue weighted by molar-refractivity contribution is 6.33. The van der Waals surface area contributed by atoms with Gasteiger partial charge in [0, 0.05) is 0 Å². The van der Waals surface area contributed by atoms with Crippen LogP contribution in [0.25, 0.3) is 22.3 Å². The molecule has 0 spiro atoms. The summed E-state index contributed by atoms with van der Waals surface area (Å²) in [5.74, 6) is 0.763. The number of benzene rings is 4. The van der Waals surface area contributed by atoms with Gasteiger partial charge in [0.2, 0.25) is 0 Å². The second-order valence-electron chi connectivity index (χ2n) is 7.55. The molecule has 5 aromatic rings. The number of hydrogen-bond acceptors (Lipinski definition) is 2. The van der Waals surface area contributed by atoms with Crippen LogP contribution in [0, 0.1) is 0 Å². The highest BCUT2D eigenvalue weighted by atomic mass is 16.5. The molecule has 0 amide bonds. The lowest BCUT2D eigenvalue weighted by Crippen LogP contribution is -2.20. The molecule has 0 saturated carbocycles. The Bertz CT molecular complexity index is 1390. The van der Waals surface area contributed by atoms with E-state index >= 15 is 0 Å². The fourth-order valence-electron chi connectivity index (χ4n) is 3.80. The van der Waals surface area contributed by atoms with Crippen LogP contribution in [-0.2, 0) is 6.61 Å². The Morgan fingerprint density at radius 2 is 1.35 bits per heavy atom. The number of fused-ring (bicyclic) bond motifs is 1. The van der Waals surface area contributed by atoms with E-state index in [-0.39, 0.29) is 5.56 Å². The molecule has 0 radical (unpaired) electrons. The van der Waals surface area contributed by atoms with Crippen LogP contribution in [0.5, 0.6) is 5.75 Å². The average molecular weight is 404 g/mol. The maximum atomic E-state index is 13.4. The number of nitrogens with zero attached hydrogens (tertiary/aromatic N) is 2. The molecule has 0 aliphatic carbocycles. The highest BCUT2D eigenvalue weighted by Crippen LogP contribution is 2.22. The van der Waals surface area contributed by atoms with E-state index in [1.807, 2.05) is 116 Å². The van der Waals surface area contributed by atoms with Gasteiger partial charge in [0.05, 0.1) is 22.3 Å². The molecule has 0 saturated heterocycles. The van der Waals surface area contributed by atoms with Crippen molar-refractivity contribution in [1.29, 1.82) is 0 Å². The van der Waals surface area contributed by atoms with Crippen LogP contribution in [0.3, 0.4) is 0 Å². The second kappa shape index (κ2) is 8.03. The summed E-state index contributed by atoms with van der Waals surface area (Å²) in [7, 11) is 2.00. The third kappa shape index (κ3) is 3.66. The first kappa shape index (κ1) is 19.0. The zero-order chi connectivity index (χ0) is 21.2. The van der Waals surface area contributed by atoms with Crippen molar-refractivity contribution in [3.63, 3.8) is 0 Å². The first-order chi connectivity index (χ1) is 15.2. The van der Waals surface area contributed by atoms with E-state index in [2.05, 4.69) is 0 Å². The van der Waals surface area contributed by atoms with Crippen LogP contribution in [0.4, 0.5) is 0 Å². The highest BCUT2D eigenvalue weighted by Gasteiger charge is 2.16. The van der Waals surface area contributed by atoms with E-state index < -0.39 is 0 Å². The molecule has 5 rings (SSSR count). The smallest absolute Gasteiger partial charge is 0.279 e. The summed E-state index contributed by atoms with van der Waals surface area (Å²) in [6.07, 6.45) is 0. The molecule has 5 heteroatoms. The summed E-state index contributed by atoms with van der Waals surface area (Å²) in [6, 6.07) is 33.6. The maximum absolute atomic E-state index is 13.4. The van der Waals surface area contributed by atoms with Crippen molar-refractivity contribution in [3.05, 3.63) is 119 Å². The van der Waals surface area contributed by atoms with E-state index in [0.717, 1.165) is 33.7 Å². The van der Waals surface area contributed by atoms with Crippen LogP contribution in [0.15, 0.2) is 108 Å². The molecule has 0 aliphatic heterocycles. The molecule has 0 unspecified atom stereocenters. The maximum Gasteiger partial charge on any atom is 0.279 e. The van der Waals surface area contributed by atoms with Crippen molar-refractivity contribution in [2.24, 2.45) is 0 Å². The average Bonchev–Trinajstić information content (AvgIpc) is 3.11. The summed E-state index contributed by atoms with van der Waals surface area (Å²) in [4.78, 5) is 13.4.